The van der Waals surface area contributed by atoms with Crippen LogP contribution in [0.15, 0.2) is 18.2 Å². The molecule has 1 aromatic rings. The summed E-state index contributed by atoms with van der Waals surface area (Å²) in [5.41, 5.74) is 0.755. The van der Waals surface area contributed by atoms with Gasteiger partial charge in [-0.05, 0) is 31.7 Å². The first-order valence-corrected chi connectivity index (χ1v) is 5.19. The zero-order valence-corrected chi connectivity index (χ0v) is 9.46. The lowest BCUT2D eigenvalue weighted by molar-refractivity contribution is 0.321. The predicted molar refractivity (Wildman–Crippen MR) is 59.6 cm³/mol. The highest BCUT2D eigenvalue weighted by atomic mass is 19.1. The fraction of sp³-hybridized carbons (Fsp3) is 0.417. The molecule has 0 aliphatic carbocycles. The van der Waals surface area contributed by atoms with Gasteiger partial charge in [-0.2, -0.15) is 5.26 Å². The molecule has 0 aliphatic rings. The Balaban J connectivity index is 2.91. The fourth-order valence-electron chi connectivity index (χ4n) is 1.48. The Bertz CT molecular complexity index is 387. The molecule has 1 N–H and O–H groups in total. The second-order valence-corrected chi connectivity index (χ2v) is 3.33. The highest BCUT2D eigenvalue weighted by Gasteiger charge is 2.11. The van der Waals surface area contributed by atoms with E-state index in [1.807, 2.05) is 0 Å². The smallest absolute Gasteiger partial charge is 0.165 e. The van der Waals surface area contributed by atoms with Gasteiger partial charge in [-0.15, -0.1) is 0 Å². The third-order valence-corrected chi connectivity index (χ3v) is 2.30. The second kappa shape index (κ2) is 6.09. The fourth-order valence-corrected chi connectivity index (χ4v) is 1.48. The molecule has 1 rings (SSSR count). The third kappa shape index (κ3) is 2.94. The van der Waals surface area contributed by atoms with Gasteiger partial charge in [0, 0.05) is 6.04 Å². The lowest BCUT2D eigenvalue weighted by Gasteiger charge is -2.14. The van der Waals surface area contributed by atoms with E-state index in [0.717, 1.165) is 5.56 Å². The van der Waals surface area contributed by atoms with Crippen LogP contribution in [0.3, 0.4) is 0 Å². The first-order chi connectivity index (χ1) is 7.72. The van der Waals surface area contributed by atoms with Crippen molar-refractivity contribution in [1.82, 2.24) is 5.32 Å². The monoisotopic (exact) mass is 222 g/mol. The Kier molecular flexibility index (Phi) is 4.74. The van der Waals surface area contributed by atoms with Gasteiger partial charge in [0.1, 0.15) is 0 Å². The number of benzene rings is 1. The van der Waals surface area contributed by atoms with Gasteiger partial charge in [-0.3, -0.25) is 0 Å². The minimum atomic E-state index is -0.391. The predicted octanol–water partition coefficient (Wildman–Crippen LogP) is 2.40. The summed E-state index contributed by atoms with van der Waals surface area (Å²) in [6.45, 7) is 2.24. The number of hydrogen-bond acceptors (Lipinski definition) is 3. The van der Waals surface area contributed by atoms with Crippen molar-refractivity contribution < 1.29 is 9.13 Å². The molecule has 16 heavy (non-hydrogen) atoms. The molecule has 1 aromatic carbocycles. The number of rotatable bonds is 5. The molecule has 0 saturated heterocycles. The van der Waals surface area contributed by atoms with E-state index in [1.165, 1.54) is 6.07 Å². The molecule has 3 nitrogen and oxygen atoms in total. The van der Waals surface area contributed by atoms with E-state index in [9.17, 15) is 4.39 Å². The number of ether oxygens (including phenoxy) is 1. The topological polar surface area (TPSA) is 45.0 Å². The summed E-state index contributed by atoms with van der Waals surface area (Å²) in [7, 11) is 1.75. The molecule has 4 heteroatoms. The van der Waals surface area contributed by atoms with Crippen molar-refractivity contribution in [3.8, 4) is 11.8 Å². The number of halogens is 1. The molecule has 1 atom stereocenters. The summed E-state index contributed by atoms with van der Waals surface area (Å²) in [6.07, 6.45) is 0.309. The van der Waals surface area contributed by atoms with Crippen molar-refractivity contribution in [2.75, 3.05) is 13.7 Å². The molecule has 0 aromatic heterocycles. The number of nitriles is 1. The first-order valence-electron chi connectivity index (χ1n) is 5.19. The van der Waals surface area contributed by atoms with Gasteiger partial charge < -0.3 is 10.1 Å². The number of hydrogen-bond donors (Lipinski definition) is 1. The Morgan fingerprint density at radius 2 is 2.31 bits per heavy atom. The Morgan fingerprint density at radius 1 is 1.56 bits per heavy atom. The van der Waals surface area contributed by atoms with Crippen LogP contribution in [0.1, 0.15) is 24.9 Å². The van der Waals surface area contributed by atoms with Crippen molar-refractivity contribution in [3.63, 3.8) is 0 Å². The van der Waals surface area contributed by atoms with E-state index in [-0.39, 0.29) is 11.8 Å². The maximum Gasteiger partial charge on any atom is 0.165 e. The first kappa shape index (κ1) is 12.5. The van der Waals surface area contributed by atoms with E-state index >= 15 is 0 Å². The van der Waals surface area contributed by atoms with Crippen molar-refractivity contribution in [3.05, 3.63) is 29.6 Å². The van der Waals surface area contributed by atoms with E-state index < -0.39 is 5.82 Å². The highest BCUT2D eigenvalue weighted by molar-refractivity contribution is 5.31. The summed E-state index contributed by atoms with van der Waals surface area (Å²) in [5, 5.41) is 11.6. The molecule has 0 bridgehead atoms. The summed E-state index contributed by atoms with van der Waals surface area (Å²) in [6, 6.07) is 6.69. The van der Waals surface area contributed by atoms with Gasteiger partial charge in [0.2, 0.25) is 0 Å². The largest absolute Gasteiger partial charge is 0.491 e. The minimum Gasteiger partial charge on any atom is -0.491 e. The molecule has 0 fully saturated rings. The molecule has 0 heterocycles. The second-order valence-electron chi connectivity index (χ2n) is 3.33. The van der Waals surface area contributed by atoms with Crippen LogP contribution in [0.5, 0.6) is 5.75 Å². The zero-order valence-electron chi connectivity index (χ0n) is 9.46. The van der Waals surface area contributed by atoms with Crippen LogP contribution in [-0.2, 0) is 0 Å². The number of nitrogens with zero attached hydrogens (tertiary/aromatic N) is 1. The van der Waals surface area contributed by atoms with Crippen molar-refractivity contribution >= 4 is 0 Å². The van der Waals surface area contributed by atoms with Crippen molar-refractivity contribution in [1.29, 1.82) is 5.26 Å². The van der Waals surface area contributed by atoms with Gasteiger partial charge in [-0.1, -0.05) is 6.07 Å². The van der Waals surface area contributed by atoms with Gasteiger partial charge >= 0.3 is 0 Å². The normalized spacial score (nSPS) is 11.9. The molecular formula is C12H15FN2O. The average Bonchev–Trinajstić information content (AvgIpc) is 2.29. The number of nitrogens with one attached hydrogen (secondary N) is 1. The summed E-state index contributed by atoms with van der Waals surface area (Å²) in [4.78, 5) is 0. The van der Waals surface area contributed by atoms with Gasteiger partial charge in [0.05, 0.1) is 19.1 Å². The minimum absolute atomic E-state index is 0.143. The van der Waals surface area contributed by atoms with Gasteiger partial charge in [0.15, 0.2) is 11.6 Å². The molecule has 0 amide bonds. The molecule has 0 radical (unpaired) electrons. The molecule has 1 unspecified atom stereocenters. The van der Waals surface area contributed by atoms with Crippen LogP contribution < -0.4 is 10.1 Å². The molecule has 0 saturated carbocycles. The van der Waals surface area contributed by atoms with Gasteiger partial charge in [-0.25, -0.2) is 4.39 Å². The van der Waals surface area contributed by atoms with Crippen LogP contribution in [0.2, 0.25) is 0 Å². The van der Waals surface area contributed by atoms with Crippen molar-refractivity contribution in [2.45, 2.75) is 19.4 Å². The van der Waals surface area contributed by atoms with Crippen molar-refractivity contribution in [2.24, 2.45) is 0 Å². The average molecular weight is 222 g/mol. The van der Waals surface area contributed by atoms with Crippen LogP contribution in [-0.4, -0.2) is 13.7 Å². The Morgan fingerprint density at radius 3 is 2.81 bits per heavy atom. The highest BCUT2D eigenvalue weighted by Crippen LogP contribution is 2.23. The van der Waals surface area contributed by atoms with Crippen LogP contribution in [0, 0.1) is 17.1 Å². The maximum absolute atomic E-state index is 13.5. The van der Waals surface area contributed by atoms with Gasteiger partial charge in [0.25, 0.3) is 0 Å². The summed E-state index contributed by atoms with van der Waals surface area (Å²) in [5.74, 6) is -0.143. The zero-order chi connectivity index (χ0) is 12.0. The third-order valence-electron chi connectivity index (χ3n) is 2.30. The molecular weight excluding hydrogens is 207 g/mol. The lowest BCUT2D eigenvalue weighted by atomic mass is 10.0. The molecule has 0 spiro atoms. The van der Waals surface area contributed by atoms with E-state index in [0.29, 0.717) is 13.0 Å². The Hall–Kier alpha value is -1.60. The maximum atomic E-state index is 13.5. The molecule has 0 aliphatic heterocycles. The standard InChI is InChI=1S/C12H15FN2O/c1-3-16-12-5-4-9(8-10(12)13)11(15-2)6-7-14/h4-5,8,11,15H,3,6H2,1-2H3. The van der Waals surface area contributed by atoms with E-state index in [1.54, 1.807) is 26.1 Å². The van der Waals surface area contributed by atoms with Crippen LogP contribution in [0.4, 0.5) is 4.39 Å². The molecule has 86 valence electrons. The Labute approximate surface area is 94.8 Å². The summed E-state index contributed by atoms with van der Waals surface area (Å²) >= 11 is 0. The van der Waals surface area contributed by atoms with Crippen LogP contribution >= 0.6 is 0 Å². The quantitative estimate of drug-likeness (QED) is 0.832. The van der Waals surface area contributed by atoms with E-state index in [4.69, 9.17) is 10.00 Å². The van der Waals surface area contributed by atoms with Crippen LogP contribution in [0.25, 0.3) is 0 Å². The van der Waals surface area contributed by atoms with E-state index in [2.05, 4.69) is 11.4 Å². The SMILES string of the molecule is CCOc1ccc(C(CC#N)NC)cc1F. The summed E-state index contributed by atoms with van der Waals surface area (Å²) < 4.78 is 18.6. The lowest BCUT2D eigenvalue weighted by Crippen LogP contribution is -2.15.